The number of fused-ring (bicyclic) bond motifs is 1. The van der Waals surface area contributed by atoms with Crippen molar-refractivity contribution in [3.8, 4) is 5.75 Å². The summed E-state index contributed by atoms with van der Waals surface area (Å²) in [6, 6.07) is 18.0. The van der Waals surface area contributed by atoms with E-state index in [0.717, 1.165) is 32.4 Å². The van der Waals surface area contributed by atoms with Crippen molar-refractivity contribution in [3.63, 3.8) is 0 Å². The summed E-state index contributed by atoms with van der Waals surface area (Å²) in [4.78, 5) is 14.3. The maximum atomic E-state index is 11.8. The summed E-state index contributed by atoms with van der Waals surface area (Å²) in [7, 11) is 0. The van der Waals surface area contributed by atoms with Gasteiger partial charge < -0.3 is 9.64 Å². The van der Waals surface area contributed by atoms with Gasteiger partial charge in [0, 0.05) is 30.6 Å². The van der Waals surface area contributed by atoms with Crippen LogP contribution in [0, 0.1) is 0 Å². The Labute approximate surface area is 150 Å². The van der Waals surface area contributed by atoms with Gasteiger partial charge in [-0.05, 0) is 36.6 Å². The second-order valence-electron chi connectivity index (χ2n) is 7.42. The van der Waals surface area contributed by atoms with Crippen LogP contribution in [0.1, 0.15) is 45.1 Å². The average molecular weight is 337 g/mol. The molecule has 25 heavy (non-hydrogen) atoms. The number of carbonyl (C=O) groups excluding carboxylic acids is 1. The first-order chi connectivity index (χ1) is 12.1. The third-order valence-electron chi connectivity index (χ3n) is 4.84. The highest BCUT2D eigenvalue weighted by atomic mass is 16.5. The Balaban J connectivity index is 1.39. The van der Waals surface area contributed by atoms with Gasteiger partial charge in [-0.1, -0.05) is 56.7 Å². The first-order valence-electron chi connectivity index (χ1n) is 9.16. The fourth-order valence-electron chi connectivity index (χ4n) is 3.59. The van der Waals surface area contributed by atoms with Gasteiger partial charge in [0.15, 0.2) is 0 Å². The van der Waals surface area contributed by atoms with E-state index < -0.39 is 0 Å². The van der Waals surface area contributed by atoms with Crippen molar-refractivity contribution in [1.29, 1.82) is 0 Å². The van der Waals surface area contributed by atoms with Gasteiger partial charge in [-0.25, -0.2) is 0 Å². The number of nitrogens with zero attached hydrogens (tertiary/aromatic N) is 1. The van der Waals surface area contributed by atoms with Crippen LogP contribution in [-0.2, 0) is 10.2 Å². The van der Waals surface area contributed by atoms with Crippen LogP contribution >= 0.6 is 0 Å². The quantitative estimate of drug-likeness (QED) is 0.407. The molecule has 0 saturated heterocycles. The third-order valence-corrected chi connectivity index (χ3v) is 4.84. The van der Waals surface area contributed by atoms with Gasteiger partial charge in [0.1, 0.15) is 5.75 Å². The zero-order valence-corrected chi connectivity index (χ0v) is 15.2. The van der Waals surface area contributed by atoms with E-state index >= 15 is 0 Å². The molecule has 132 valence electrons. The highest BCUT2D eigenvalue weighted by molar-refractivity contribution is 5.72. The lowest BCUT2D eigenvalue weighted by molar-refractivity contribution is -0.134. The van der Waals surface area contributed by atoms with Crippen LogP contribution in [0.2, 0.25) is 0 Å². The van der Waals surface area contributed by atoms with Gasteiger partial charge >= 0.3 is 5.97 Å². The zero-order chi connectivity index (χ0) is 17.7. The lowest BCUT2D eigenvalue weighted by Gasteiger charge is -2.22. The highest BCUT2D eigenvalue weighted by Gasteiger charge is 2.33. The molecule has 2 aromatic carbocycles. The second-order valence-corrected chi connectivity index (χ2v) is 7.42. The summed E-state index contributed by atoms with van der Waals surface area (Å²) in [5.74, 6) is 0.488. The summed E-state index contributed by atoms with van der Waals surface area (Å²) in [6.45, 7) is 6.74. The number of benzene rings is 2. The predicted octanol–water partition coefficient (Wildman–Crippen LogP) is 4.95. The Kier molecular flexibility index (Phi) is 5.42. The lowest BCUT2D eigenvalue weighted by Crippen LogP contribution is -2.29. The van der Waals surface area contributed by atoms with Crippen LogP contribution < -0.4 is 9.64 Å². The van der Waals surface area contributed by atoms with Crippen molar-refractivity contribution in [1.82, 2.24) is 0 Å². The van der Waals surface area contributed by atoms with Crippen LogP contribution in [0.5, 0.6) is 5.75 Å². The molecule has 0 amide bonds. The molecule has 0 aliphatic carbocycles. The molecule has 1 aliphatic rings. The molecule has 0 saturated carbocycles. The second kappa shape index (κ2) is 7.73. The molecule has 3 heteroatoms. The van der Waals surface area contributed by atoms with Crippen LogP contribution in [0.15, 0.2) is 54.6 Å². The topological polar surface area (TPSA) is 29.5 Å². The summed E-state index contributed by atoms with van der Waals surface area (Å²) in [5.41, 5.74) is 3.04. The summed E-state index contributed by atoms with van der Waals surface area (Å²) < 4.78 is 5.32. The van der Waals surface area contributed by atoms with E-state index in [-0.39, 0.29) is 11.4 Å². The molecule has 0 aromatic heterocycles. The van der Waals surface area contributed by atoms with Crippen molar-refractivity contribution >= 4 is 11.7 Å². The molecule has 3 nitrogen and oxygen atoms in total. The number of para-hydroxylation sites is 2. The molecule has 0 fully saturated rings. The number of unbranched alkanes of at least 4 members (excludes halogenated alkanes) is 2. The maximum absolute atomic E-state index is 11.8. The Morgan fingerprint density at radius 2 is 1.72 bits per heavy atom. The van der Waals surface area contributed by atoms with E-state index in [0.29, 0.717) is 12.2 Å². The molecule has 2 aromatic rings. The minimum Gasteiger partial charge on any atom is -0.427 e. The predicted molar refractivity (Wildman–Crippen MR) is 102 cm³/mol. The number of carbonyl (C=O) groups is 1. The van der Waals surface area contributed by atoms with Gasteiger partial charge in [0.2, 0.25) is 0 Å². The molecular weight excluding hydrogens is 310 g/mol. The molecular formula is C22H27NO2. The van der Waals surface area contributed by atoms with E-state index in [1.54, 1.807) is 0 Å². The Morgan fingerprint density at radius 3 is 2.52 bits per heavy atom. The number of hydrogen-bond acceptors (Lipinski definition) is 3. The number of ether oxygens (including phenoxy) is 1. The summed E-state index contributed by atoms with van der Waals surface area (Å²) >= 11 is 0. The molecule has 0 spiro atoms. The van der Waals surface area contributed by atoms with Crippen LogP contribution in [-0.4, -0.2) is 19.1 Å². The first kappa shape index (κ1) is 17.5. The smallest absolute Gasteiger partial charge is 0.311 e. The molecule has 1 aliphatic heterocycles. The van der Waals surface area contributed by atoms with E-state index in [9.17, 15) is 4.79 Å². The van der Waals surface area contributed by atoms with Crippen LogP contribution in [0.3, 0.4) is 0 Å². The normalized spacial score (nSPS) is 15.0. The Hall–Kier alpha value is -2.29. The lowest BCUT2D eigenvalue weighted by atomic mass is 9.87. The van der Waals surface area contributed by atoms with Gasteiger partial charge in [-0.15, -0.1) is 0 Å². The SMILES string of the molecule is CC1(C)CN(CCCCCC(=O)Oc2ccccc2)c2ccccc21. The third kappa shape index (κ3) is 4.41. The number of hydrogen-bond donors (Lipinski definition) is 0. The molecule has 0 unspecified atom stereocenters. The fraction of sp³-hybridized carbons (Fsp3) is 0.409. The van der Waals surface area contributed by atoms with Crippen molar-refractivity contribution in [2.24, 2.45) is 0 Å². The van der Waals surface area contributed by atoms with Crippen molar-refractivity contribution in [3.05, 3.63) is 60.2 Å². The summed E-state index contributed by atoms with van der Waals surface area (Å²) in [6.07, 6.45) is 3.51. The minimum atomic E-state index is -0.140. The van der Waals surface area contributed by atoms with Gasteiger partial charge in [-0.2, -0.15) is 0 Å². The first-order valence-corrected chi connectivity index (χ1v) is 9.16. The molecule has 0 radical (unpaired) electrons. The minimum absolute atomic E-state index is 0.140. The average Bonchev–Trinajstić information content (AvgIpc) is 2.87. The molecule has 1 heterocycles. The van der Waals surface area contributed by atoms with E-state index in [1.807, 2.05) is 30.3 Å². The fourth-order valence-corrected chi connectivity index (χ4v) is 3.59. The molecule has 0 bridgehead atoms. The van der Waals surface area contributed by atoms with E-state index in [2.05, 4.69) is 43.0 Å². The van der Waals surface area contributed by atoms with Crippen molar-refractivity contribution < 1.29 is 9.53 Å². The number of esters is 1. The zero-order valence-electron chi connectivity index (χ0n) is 15.2. The number of rotatable bonds is 7. The monoisotopic (exact) mass is 337 g/mol. The summed E-state index contributed by atoms with van der Waals surface area (Å²) in [5, 5.41) is 0. The maximum Gasteiger partial charge on any atom is 0.311 e. The highest BCUT2D eigenvalue weighted by Crippen LogP contribution is 2.40. The molecule has 0 atom stereocenters. The molecule has 0 N–H and O–H groups in total. The Morgan fingerprint density at radius 1 is 1.00 bits per heavy atom. The van der Waals surface area contributed by atoms with E-state index in [4.69, 9.17) is 4.74 Å². The van der Waals surface area contributed by atoms with Gasteiger partial charge in [0.05, 0.1) is 0 Å². The Bertz CT molecular complexity index is 709. The van der Waals surface area contributed by atoms with E-state index in [1.165, 1.54) is 11.3 Å². The number of anilines is 1. The van der Waals surface area contributed by atoms with Crippen molar-refractivity contribution in [2.75, 3.05) is 18.0 Å². The van der Waals surface area contributed by atoms with Crippen LogP contribution in [0.4, 0.5) is 5.69 Å². The van der Waals surface area contributed by atoms with Gasteiger partial charge in [0.25, 0.3) is 0 Å². The molecule has 3 rings (SSSR count). The van der Waals surface area contributed by atoms with Crippen LogP contribution in [0.25, 0.3) is 0 Å². The van der Waals surface area contributed by atoms with Gasteiger partial charge in [-0.3, -0.25) is 4.79 Å². The van der Waals surface area contributed by atoms with Crippen molar-refractivity contribution in [2.45, 2.75) is 44.9 Å². The standard InChI is InChI=1S/C22H27NO2/c1-22(2)17-23(20-14-9-8-13-19(20)22)16-10-4-7-15-21(24)25-18-11-5-3-6-12-18/h3,5-6,8-9,11-14H,4,7,10,15-17H2,1-2H3. The largest absolute Gasteiger partial charge is 0.427 e.